The minimum absolute atomic E-state index is 0.288. The largest absolute Gasteiger partial charge is 0.327 e. The molecule has 1 aliphatic rings. The zero-order valence-electron chi connectivity index (χ0n) is 7.66. The molecule has 0 aromatic heterocycles. The van der Waals surface area contributed by atoms with Crippen LogP contribution >= 0.6 is 0 Å². The average molecular weight is 190 g/mol. The summed E-state index contributed by atoms with van der Waals surface area (Å²) in [5.74, 6) is 1.66. The standard InChI is InChI=1S/C8H18N2OS/c1-2-8(9)7-10-3-5-12(11)6-4-10/h8H,2-7,9H2,1H3/t8-/m0/s1. The lowest BCUT2D eigenvalue weighted by atomic mass is 10.2. The summed E-state index contributed by atoms with van der Waals surface area (Å²) in [6.07, 6.45) is 1.03. The molecule has 1 rings (SSSR count). The van der Waals surface area contributed by atoms with E-state index >= 15 is 0 Å². The van der Waals surface area contributed by atoms with Gasteiger partial charge < -0.3 is 5.73 Å². The smallest absolute Gasteiger partial charge is 0.0363 e. The van der Waals surface area contributed by atoms with E-state index in [0.717, 1.165) is 37.6 Å². The Morgan fingerprint density at radius 2 is 2.08 bits per heavy atom. The molecule has 0 radical (unpaired) electrons. The Labute approximate surface area is 76.8 Å². The van der Waals surface area contributed by atoms with Crippen molar-refractivity contribution in [3.63, 3.8) is 0 Å². The summed E-state index contributed by atoms with van der Waals surface area (Å²) in [5.41, 5.74) is 5.82. The summed E-state index contributed by atoms with van der Waals surface area (Å²) in [7, 11) is -0.560. The molecule has 3 nitrogen and oxygen atoms in total. The first kappa shape index (κ1) is 10.2. The lowest BCUT2D eigenvalue weighted by Crippen LogP contribution is -2.44. The van der Waals surface area contributed by atoms with E-state index in [9.17, 15) is 4.21 Å². The van der Waals surface area contributed by atoms with Crippen LogP contribution in [0.1, 0.15) is 13.3 Å². The van der Waals surface area contributed by atoms with Crippen LogP contribution in [0.3, 0.4) is 0 Å². The second-order valence-electron chi connectivity index (χ2n) is 3.32. The highest BCUT2D eigenvalue weighted by atomic mass is 32.2. The van der Waals surface area contributed by atoms with Crippen molar-refractivity contribution in [3.8, 4) is 0 Å². The van der Waals surface area contributed by atoms with Crippen LogP contribution < -0.4 is 5.73 Å². The van der Waals surface area contributed by atoms with E-state index in [0.29, 0.717) is 0 Å². The predicted octanol–water partition coefficient (Wildman–Crippen LogP) is -0.212. The molecule has 1 heterocycles. The molecule has 72 valence electrons. The fourth-order valence-electron chi connectivity index (χ4n) is 1.32. The number of hydrogen-bond acceptors (Lipinski definition) is 3. The molecule has 0 aromatic carbocycles. The highest BCUT2D eigenvalue weighted by Crippen LogP contribution is 2.01. The third kappa shape index (κ3) is 3.21. The van der Waals surface area contributed by atoms with E-state index in [-0.39, 0.29) is 6.04 Å². The molecule has 0 bridgehead atoms. The summed E-state index contributed by atoms with van der Waals surface area (Å²) in [5, 5.41) is 0. The van der Waals surface area contributed by atoms with Gasteiger partial charge in [-0.15, -0.1) is 0 Å². The fourth-order valence-corrected chi connectivity index (χ4v) is 2.45. The predicted molar refractivity (Wildman–Crippen MR) is 52.6 cm³/mol. The van der Waals surface area contributed by atoms with Crippen molar-refractivity contribution in [2.45, 2.75) is 19.4 Å². The zero-order valence-corrected chi connectivity index (χ0v) is 8.48. The SMILES string of the molecule is CC[C@H](N)CN1CCS(=O)CC1. The molecule has 0 aliphatic carbocycles. The topological polar surface area (TPSA) is 46.3 Å². The maximum atomic E-state index is 11.0. The van der Waals surface area contributed by atoms with Gasteiger partial charge in [-0.25, -0.2) is 0 Å². The molecule has 2 N–H and O–H groups in total. The summed E-state index contributed by atoms with van der Waals surface area (Å²) in [6.45, 7) is 4.99. The first-order chi connectivity index (χ1) is 5.72. The molecule has 0 spiro atoms. The Balaban J connectivity index is 2.21. The fraction of sp³-hybridized carbons (Fsp3) is 1.00. The van der Waals surface area contributed by atoms with Crippen LogP contribution in [0.2, 0.25) is 0 Å². The Bertz CT molecular complexity index is 153. The van der Waals surface area contributed by atoms with Gasteiger partial charge in [-0.05, 0) is 6.42 Å². The van der Waals surface area contributed by atoms with Gasteiger partial charge in [0.15, 0.2) is 0 Å². The van der Waals surface area contributed by atoms with Gasteiger partial charge >= 0.3 is 0 Å². The summed E-state index contributed by atoms with van der Waals surface area (Å²) in [4.78, 5) is 2.32. The third-order valence-corrected chi connectivity index (χ3v) is 3.56. The van der Waals surface area contributed by atoms with Crippen LogP contribution in [0.15, 0.2) is 0 Å². The van der Waals surface area contributed by atoms with Crippen LogP contribution in [-0.4, -0.2) is 46.3 Å². The molecular weight excluding hydrogens is 172 g/mol. The van der Waals surface area contributed by atoms with Crippen LogP contribution in [0.25, 0.3) is 0 Å². The molecule has 1 saturated heterocycles. The summed E-state index contributed by atoms with van der Waals surface area (Å²) in [6, 6.07) is 0.288. The van der Waals surface area contributed by atoms with Crippen LogP contribution in [-0.2, 0) is 10.8 Å². The van der Waals surface area contributed by atoms with Crippen molar-refractivity contribution >= 4 is 10.8 Å². The van der Waals surface area contributed by atoms with Gasteiger partial charge in [-0.2, -0.15) is 0 Å². The first-order valence-electron chi connectivity index (χ1n) is 4.55. The zero-order chi connectivity index (χ0) is 8.97. The Morgan fingerprint density at radius 1 is 1.50 bits per heavy atom. The van der Waals surface area contributed by atoms with Crippen molar-refractivity contribution in [2.24, 2.45) is 5.73 Å². The lowest BCUT2D eigenvalue weighted by Gasteiger charge is -2.28. The van der Waals surface area contributed by atoms with E-state index in [4.69, 9.17) is 5.73 Å². The highest BCUT2D eigenvalue weighted by molar-refractivity contribution is 7.85. The maximum Gasteiger partial charge on any atom is 0.0363 e. The minimum Gasteiger partial charge on any atom is -0.327 e. The molecule has 0 saturated carbocycles. The molecule has 0 amide bonds. The van der Waals surface area contributed by atoms with E-state index in [1.54, 1.807) is 0 Å². The maximum absolute atomic E-state index is 11.0. The second kappa shape index (κ2) is 4.94. The molecule has 0 aromatic rings. The van der Waals surface area contributed by atoms with Gasteiger partial charge in [0.05, 0.1) is 0 Å². The quantitative estimate of drug-likeness (QED) is 0.670. The molecular formula is C8H18N2OS. The van der Waals surface area contributed by atoms with E-state index in [1.165, 1.54) is 0 Å². The third-order valence-electron chi connectivity index (χ3n) is 2.29. The van der Waals surface area contributed by atoms with Crippen LogP contribution in [0.5, 0.6) is 0 Å². The number of nitrogens with zero attached hydrogens (tertiary/aromatic N) is 1. The van der Waals surface area contributed by atoms with Gasteiger partial charge in [-0.1, -0.05) is 6.92 Å². The van der Waals surface area contributed by atoms with E-state index < -0.39 is 10.8 Å². The minimum atomic E-state index is -0.560. The van der Waals surface area contributed by atoms with Crippen molar-refractivity contribution in [1.82, 2.24) is 4.90 Å². The first-order valence-corrected chi connectivity index (χ1v) is 6.04. The Morgan fingerprint density at radius 3 is 2.58 bits per heavy atom. The van der Waals surface area contributed by atoms with Gasteiger partial charge in [0, 0.05) is 48.0 Å². The normalized spacial score (nSPS) is 24.2. The van der Waals surface area contributed by atoms with Crippen molar-refractivity contribution < 1.29 is 4.21 Å². The Kier molecular flexibility index (Phi) is 4.18. The molecule has 1 fully saturated rings. The van der Waals surface area contributed by atoms with Crippen molar-refractivity contribution in [3.05, 3.63) is 0 Å². The van der Waals surface area contributed by atoms with Crippen molar-refractivity contribution in [1.29, 1.82) is 0 Å². The Hall–Kier alpha value is 0.0700. The van der Waals surface area contributed by atoms with Gasteiger partial charge in [0.1, 0.15) is 0 Å². The number of rotatable bonds is 3. The van der Waals surface area contributed by atoms with Crippen LogP contribution in [0, 0.1) is 0 Å². The van der Waals surface area contributed by atoms with Gasteiger partial charge in [0.2, 0.25) is 0 Å². The number of hydrogen-bond donors (Lipinski definition) is 1. The second-order valence-corrected chi connectivity index (χ2v) is 5.01. The molecule has 1 aliphatic heterocycles. The highest BCUT2D eigenvalue weighted by Gasteiger charge is 2.16. The average Bonchev–Trinajstić information content (AvgIpc) is 2.09. The van der Waals surface area contributed by atoms with E-state index in [2.05, 4.69) is 11.8 Å². The molecule has 0 unspecified atom stereocenters. The van der Waals surface area contributed by atoms with E-state index in [1.807, 2.05) is 0 Å². The van der Waals surface area contributed by atoms with Crippen LogP contribution in [0.4, 0.5) is 0 Å². The summed E-state index contributed by atoms with van der Waals surface area (Å²) < 4.78 is 11.0. The van der Waals surface area contributed by atoms with Gasteiger partial charge in [0.25, 0.3) is 0 Å². The number of nitrogens with two attached hydrogens (primary N) is 1. The monoisotopic (exact) mass is 190 g/mol. The van der Waals surface area contributed by atoms with Crippen molar-refractivity contribution in [2.75, 3.05) is 31.1 Å². The molecule has 12 heavy (non-hydrogen) atoms. The van der Waals surface area contributed by atoms with Gasteiger partial charge in [-0.3, -0.25) is 9.11 Å². The molecule has 4 heteroatoms. The summed E-state index contributed by atoms with van der Waals surface area (Å²) >= 11 is 0. The molecule has 1 atom stereocenters. The lowest BCUT2D eigenvalue weighted by molar-refractivity contribution is 0.277.